The Hall–Kier alpha value is -1.79. The molecule has 0 aromatic heterocycles. The highest BCUT2D eigenvalue weighted by Crippen LogP contribution is 2.67. The summed E-state index contributed by atoms with van der Waals surface area (Å²) in [4.78, 5) is 37.0. The van der Waals surface area contributed by atoms with Crippen LogP contribution in [0.3, 0.4) is 0 Å². The lowest BCUT2D eigenvalue weighted by Crippen LogP contribution is -2.61. The average Bonchev–Trinajstić information content (AvgIpc) is 3.02. The highest BCUT2D eigenvalue weighted by molar-refractivity contribution is 6.01. The summed E-state index contributed by atoms with van der Waals surface area (Å²) in [5, 5.41) is 23.0. The van der Waals surface area contributed by atoms with Crippen LogP contribution in [-0.2, 0) is 19.1 Å². The molecule has 0 aliphatic heterocycles. The summed E-state index contributed by atoms with van der Waals surface area (Å²) < 4.78 is 5.18. The summed E-state index contributed by atoms with van der Waals surface area (Å²) in [5.41, 5.74) is -1.68. The highest BCUT2D eigenvalue weighted by atomic mass is 16.5. The molecule has 4 rings (SSSR count). The van der Waals surface area contributed by atoms with E-state index in [4.69, 9.17) is 4.74 Å². The molecule has 7 atom stereocenters. The molecule has 6 nitrogen and oxygen atoms in total. The molecule has 0 saturated heterocycles. The zero-order valence-corrected chi connectivity index (χ0v) is 19.4. The first kappa shape index (κ1) is 23.4. The molecule has 2 N–H and O–H groups in total. The van der Waals surface area contributed by atoms with Crippen LogP contribution < -0.4 is 0 Å². The van der Waals surface area contributed by atoms with E-state index in [1.54, 1.807) is 12.2 Å². The van der Waals surface area contributed by atoms with Crippen molar-refractivity contribution in [3.63, 3.8) is 0 Å². The maximum absolute atomic E-state index is 13.1. The van der Waals surface area contributed by atoms with Gasteiger partial charge in [0.2, 0.25) is 5.78 Å². The number of unbranched alkanes of at least 4 members (excludes halogenated alkanes) is 1. The molecule has 0 spiro atoms. The van der Waals surface area contributed by atoms with Crippen molar-refractivity contribution in [2.45, 2.75) is 83.8 Å². The Labute approximate surface area is 190 Å². The number of carbonyl (C=O) groups is 3. The van der Waals surface area contributed by atoms with Gasteiger partial charge in [-0.2, -0.15) is 0 Å². The second kappa shape index (κ2) is 8.21. The van der Waals surface area contributed by atoms with Crippen molar-refractivity contribution in [3.8, 4) is 0 Å². The summed E-state index contributed by atoms with van der Waals surface area (Å²) in [5.74, 6) is -0.675. The van der Waals surface area contributed by atoms with Crippen LogP contribution in [0, 0.1) is 28.6 Å². The van der Waals surface area contributed by atoms with E-state index in [0.717, 1.165) is 24.8 Å². The molecular formula is C26H36O6. The Morgan fingerprint density at radius 2 is 2.00 bits per heavy atom. The number of hydrogen-bond donors (Lipinski definition) is 2. The molecule has 32 heavy (non-hydrogen) atoms. The molecule has 0 aromatic carbocycles. The van der Waals surface area contributed by atoms with Gasteiger partial charge in [-0.25, -0.2) is 0 Å². The zero-order chi connectivity index (χ0) is 23.3. The summed E-state index contributed by atoms with van der Waals surface area (Å²) in [6.45, 7) is 5.59. The van der Waals surface area contributed by atoms with E-state index in [-0.39, 0.29) is 35.4 Å². The smallest absolute Gasteiger partial charge is 0.306 e. The number of rotatable bonds is 6. The molecular weight excluding hydrogens is 408 g/mol. The molecule has 0 radical (unpaired) electrons. The van der Waals surface area contributed by atoms with Crippen molar-refractivity contribution in [1.82, 2.24) is 0 Å². The van der Waals surface area contributed by atoms with Gasteiger partial charge in [0.1, 0.15) is 5.60 Å². The largest absolute Gasteiger partial charge is 0.458 e. The third kappa shape index (κ3) is 3.41. The van der Waals surface area contributed by atoms with Gasteiger partial charge in [-0.1, -0.05) is 38.8 Å². The Balaban J connectivity index is 1.56. The van der Waals surface area contributed by atoms with Crippen LogP contribution in [-0.4, -0.2) is 46.1 Å². The van der Waals surface area contributed by atoms with Crippen molar-refractivity contribution in [2.75, 3.05) is 6.61 Å². The topological polar surface area (TPSA) is 101 Å². The van der Waals surface area contributed by atoms with Crippen molar-refractivity contribution in [2.24, 2.45) is 28.6 Å². The van der Waals surface area contributed by atoms with E-state index in [2.05, 4.69) is 6.92 Å². The number of ether oxygens (including phenoxy) is 1. The maximum atomic E-state index is 13.1. The molecule has 3 fully saturated rings. The van der Waals surface area contributed by atoms with Gasteiger partial charge in [0.15, 0.2) is 12.4 Å². The summed E-state index contributed by atoms with van der Waals surface area (Å²) in [6, 6.07) is 0. The Kier molecular flexibility index (Phi) is 6.00. The van der Waals surface area contributed by atoms with Crippen LogP contribution in [0.25, 0.3) is 0 Å². The number of hydrogen-bond acceptors (Lipinski definition) is 6. The molecule has 0 bridgehead atoms. The molecule has 3 saturated carbocycles. The van der Waals surface area contributed by atoms with Crippen LogP contribution in [0.15, 0.2) is 23.8 Å². The third-order valence-corrected chi connectivity index (χ3v) is 9.21. The molecule has 0 unspecified atom stereocenters. The zero-order valence-electron chi connectivity index (χ0n) is 19.4. The van der Waals surface area contributed by atoms with Gasteiger partial charge < -0.3 is 14.9 Å². The van der Waals surface area contributed by atoms with Gasteiger partial charge in [-0.05, 0) is 62.5 Å². The van der Waals surface area contributed by atoms with Crippen molar-refractivity contribution < 1.29 is 29.3 Å². The van der Waals surface area contributed by atoms with E-state index in [0.29, 0.717) is 25.7 Å². The molecule has 0 heterocycles. The minimum absolute atomic E-state index is 0.000356. The normalized spacial score (nSPS) is 42.5. The Morgan fingerprint density at radius 1 is 1.25 bits per heavy atom. The fraction of sp³-hybridized carbons (Fsp3) is 0.731. The van der Waals surface area contributed by atoms with Gasteiger partial charge in [-0.15, -0.1) is 0 Å². The van der Waals surface area contributed by atoms with E-state index < -0.39 is 35.5 Å². The number of Topliss-reactive ketones (excluding diaryl/α,β-unsaturated/α-hetero) is 1. The van der Waals surface area contributed by atoms with Gasteiger partial charge in [0.25, 0.3) is 0 Å². The van der Waals surface area contributed by atoms with E-state index in [1.807, 2.05) is 19.9 Å². The summed E-state index contributed by atoms with van der Waals surface area (Å²) >= 11 is 0. The predicted octanol–water partition coefficient (Wildman–Crippen LogP) is 3.30. The highest BCUT2D eigenvalue weighted by Gasteiger charge is 2.68. The van der Waals surface area contributed by atoms with E-state index >= 15 is 0 Å². The predicted molar refractivity (Wildman–Crippen MR) is 118 cm³/mol. The minimum Gasteiger partial charge on any atom is -0.458 e. The lowest BCUT2D eigenvalue weighted by atomic mass is 9.46. The quantitative estimate of drug-likeness (QED) is 0.610. The summed E-state index contributed by atoms with van der Waals surface area (Å²) in [7, 11) is 0. The molecule has 176 valence electrons. The van der Waals surface area contributed by atoms with Gasteiger partial charge in [-0.3, -0.25) is 14.4 Å². The first-order valence-electron chi connectivity index (χ1n) is 12.1. The molecule has 0 aromatic rings. The van der Waals surface area contributed by atoms with Crippen molar-refractivity contribution >= 4 is 17.5 Å². The second-order valence-electron chi connectivity index (χ2n) is 10.8. The number of allylic oxidation sites excluding steroid dienone is 4. The van der Waals surface area contributed by atoms with Crippen LogP contribution in [0.2, 0.25) is 0 Å². The molecule has 0 amide bonds. The SMILES string of the molecule is CCCCC(=O)OCC(=O)[C@@]1(O)CC[C@H]2[C@@H]3CCC4=CC(=O)C=C[C@]4(C)[C@H]3[C@@H](O)C[C@@]21C. The lowest BCUT2D eigenvalue weighted by Gasteiger charge is -2.59. The Bertz CT molecular complexity index is 874. The van der Waals surface area contributed by atoms with E-state index in [1.165, 1.54) is 0 Å². The number of aliphatic hydroxyl groups excluding tert-OH is 1. The van der Waals surface area contributed by atoms with Gasteiger partial charge >= 0.3 is 5.97 Å². The van der Waals surface area contributed by atoms with Crippen molar-refractivity contribution in [1.29, 1.82) is 0 Å². The maximum Gasteiger partial charge on any atom is 0.306 e. The first-order chi connectivity index (χ1) is 15.1. The van der Waals surface area contributed by atoms with Crippen LogP contribution in [0.1, 0.15) is 72.1 Å². The third-order valence-electron chi connectivity index (χ3n) is 9.21. The minimum atomic E-state index is -1.61. The number of ketones is 2. The molecule has 6 heteroatoms. The van der Waals surface area contributed by atoms with Crippen LogP contribution in [0.4, 0.5) is 0 Å². The number of carbonyl (C=O) groups excluding carboxylic acids is 3. The second-order valence-corrected chi connectivity index (χ2v) is 10.8. The first-order valence-corrected chi connectivity index (χ1v) is 12.1. The fourth-order valence-electron chi connectivity index (χ4n) is 7.45. The van der Waals surface area contributed by atoms with Crippen LogP contribution >= 0.6 is 0 Å². The monoisotopic (exact) mass is 444 g/mol. The van der Waals surface area contributed by atoms with Gasteiger partial charge in [0, 0.05) is 23.2 Å². The lowest BCUT2D eigenvalue weighted by molar-refractivity contribution is -0.181. The fourth-order valence-corrected chi connectivity index (χ4v) is 7.45. The number of fused-ring (bicyclic) bond motifs is 5. The van der Waals surface area contributed by atoms with Gasteiger partial charge in [0.05, 0.1) is 6.10 Å². The van der Waals surface area contributed by atoms with Crippen molar-refractivity contribution in [3.05, 3.63) is 23.8 Å². The average molecular weight is 445 g/mol. The number of aliphatic hydroxyl groups is 2. The standard InChI is InChI=1S/C26H36O6/c1-4-5-6-22(30)32-15-21(29)26(31)12-10-19-18-8-7-16-13-17(27)9-11-24(16,2)23(18)20(28)14-25(19,26)3/h9,11,13,18-20,23,28,31H,4-8,10,12,14-15H2,1-3H3/t18-,19-,20-,23+,24-,25-,26-/m0/s1. The number of esters is 1. The summed E-state index contributed by atoms with van der Waals surface area (Å²) in [6.07, 6.45) is 9.39. The van der Waals surface area contributed by atoms with E-state index in [9.17, 15) is 24.6 Å². The van der Waals surface area contributed by atoms with Crippen LogP contribution in [0.5, 0.6) is 0 Å². The molecule has 4 aliphatic carbocycles. The molecule has 4 aliphatic rings. The Morgan fingerprint density at radius 3 is 2.72 bits per heavy atom.